The molecule has 1 N–H and O–H groups in total. The van der Waals surface area contributed by atoms with Crippen LogP contribution in [0.2, 0.25) is 5.02 Å². The standard InChI is InChI=1S/C13H9ClF2N2O2/c1-20-13(19)7-4-9(14)12(17-6-7)18-8-2-3-10(15)11(16)5-8/h2-6H,1H3,(H,17,18). The predicted octanol–water partition coefficient (Wildman–Crippen LogP) is 3.54. The number of carbonyl (C=O) groups is 1. The van der Waals surface area contributed by atoms with E-state index in [1.54, 1.807) is 0 Å². The van der Waals surface area contributed by atoms with E-state index in [9.17, 15) is 13.6 Å². The van der Waals surface area contributed by atoms with Crippen LogP contribution in [0, 0.1) is 11.6 Å². The van der Waals surface area contributed by atoms with E-state index >= 15 is 0 Å². The van der Waals surface area contributed by atoms with Gasteiger partial charge >= 0.3 is 5.97 Å². The van der Waals surface area contributed by atoms with Gasteiger partial charge in [-0.25, -0.2) is 18.6 Å². The smallest absolute Gasteiger partial charge is 0.339 e. The highest BCUT2D eigenvalue weighted by Crippen LogP contribution is 2.25. The van der Waals surface area contributed by atoms with Crippen molar-refractivity contribution in [3.8, 4) is 0 Å². The number of halogens is 3. The molecule has 0 spiro atoms. The zero-order valence-electron chi connectivity index (χ0n) is 10.3. The summed E-state index contributed by atoms with van der Waals surface area (Å²) >= 11 is 5.95. The fourth-order valence-corrected chi connectivity index (χ4v) is 1.68. The lowest BCUT2D eigenvalue weighted by Gasteiger charge is -2.08. The Bertz CT molecular complexity index is 665. The fourth-order valence-electron chi connectivity index (χ4n) is 1.47. The molecular weight excluding hydrogens is 290 g/mol. The Morgan fingerprint density at radius 3 is 2.65 bits per heavy atom. The Labute approximate surface area is 118 Å². The second-order valence-electron chi connectivity index (χ2n) is 3.80. The van der Waals surface area contributed by atoms with E-state index in [0.29, 0.717) is 0 Å². The number of rotatable bonds is 3. The average Bonchev–Trinajstić information content (AvgIpc) is 2.44. The van der Waals surface area contributed by atoms with E-state index in [1.165, 1.54) is 25.4 Å². The molecule has 0 aliphatic heterocycles. The van der Waals surface area contributed by atoms with E-state index in [0.717, 1.165) is 12.1 Å². The summed E-state index contributed by atoms with van der Waals surface area (Å²) in [4.78, 5) is 15.2. The van der Waals surface area contributed by atoms with Crippen molar-refractivity contribution in [2.45, 2.75) is 0 Å². The normalized spacial score (nSPS) is 10.2. The van der Waals surface area contributed by atoms with Crippen LogP contribution in [-0.2, 0) is 4.74 Å². The SMILES string of the molecule is COC(=O)c1cnc(Nc2ccc(F)c(F)c2)c(Cl)c1. The van der Waals surface area contributed by atoms with Crippen molar-refractivity contribution in [3.63, 3.8) is 0 Å². The summed E-state index contributed by atoms with van der Waals surface area (Å²) in [6, 6.07) is 4.66. The molecule has 0 aliphatic carbocycles. The molecule has 1 aromatic carbocycles. The van der Waals surface area contributed by atoms with E-state index < -0.39 is 17.6 Å². The van der Waals surface area contributed by atoms with Crippen molar-refractivity contribution in [2.24, 2.45) is 0 Å². The zero-order chi connectivity index (χ0) is 14.7. The third-order valence-electron chi connectivity index (χ3n) is 2.44. The van der Waals surface area contributed by atoms with E-state index in [2.05, 4.69) is 15.0 Å². The van der Waals surface area contributed by atoms with Gasteiger partial charge in [0.05, 0.1) is 17.7 Å². The van der Waals surface area contributed by atoms with Crippen LogP contribution in [-0.4, -0.2) is 18.1 Å². The number of ether oxygens (including phenoxy) is 1. The number of hydrogen-bond donors (Lipinski definition) is 1. The Balaban J connectivity index is 2.25. The predicted molar refractivity (Wildman–Crippen MR) is 70.2 cm³/mol. The van der Waals surface area contributed by atoms with Crippen LogP contribution in [0.15, 0.2) is 30.5 Å². The summed E-state index contributed by atoms with van der Waals surface area (Å²) in [5.74, 6) is -2.29. The van der Waals surface area contributed by atoms with Gasteiger partial charge in [-0.2, -0.15) is 0 Å². The number of anilines is 2. The molecule has 0 unspecified atom stereocenters. The minimum Gasteiger partial charge on any atom is -0.465 e. The molecule has 7 heteroatoms. The lowest BCUT2D eigenvalue weighted by molar-refractivity contribution is 0.0600. The summed E-state index contributed by atoms with van der Waals surface area (Å²) in [6.07, 6.45) is 1.26. The fraction of sp³-hybridized carbons (Fsp3) is 0.0769. The maximum Gasteiger partial charge on any atom is 0.339 e. The second-order valence-corrected chi connectivity index (χ2v) is 4.21. The molecular formula is C13H9ClF2N2O2. The van der Waals surface area contributed by atoms with Crippen LogP contribution in [0.25, 0.3) is 0 Å². The van der Waals surface area contributed by atoms with Gasteiger partial charge in [-0.1, -0.05) is 11.6 Å². The molecule has 0 aliphatic rings. The van der Waals surface area contributed by atoms with Crippen molar-refractivity contribution >= 4 is 29.1 Å². The van der Waals surface area contributed by atoms with Crippen molar-refractivity contribution in [3.05, 3.63) is 52.7 Å². The van der Waals surface area contributed by atoms with Gasteiger partial charge < -0.3 is 10.1 Å². The molecule has 20 heavy (non-hydrogen) atoms. The van der Waals surface area contributed by atoms with Crippen LogP contribution in [0.1, 0.15) is 10.4 Å². The molecule has 0 fully saturated rings. The molecule has 1 heterocycles. The van der Waals surface area contributed by atoms with Gasteiger partial charge in [0.2, 0.25) is 0 Å². The lowest BCUT2D eigenvalue weighted by Crippen LogP contribution is -2.03. The highest BCUT2D eigenvalue weighted by atomic mass is 35.5. The van der Waals surface area contributed by atoms with Gasteiger partial charge in [0.15, 0.2) is 11.6 Å². The lowest BCUT2D eigenvalue weighted by atomic mass is 10.2. The second kappa shape index (κ2) is 5.83. The summed E-state index contributed by atoms with van der Waals surface area (Å²) in [5.41, 5.74) is 0.470. The van der Waals surface area contributed by atoms with Gasteiger partial charge in [-0.3, -0.25) is 0 Å². The Hall–Kier alpha value is -2.21. The number of pyridine rings is 1. The number of benzene rings is 1. The van der Waals surface area contributed by atoms with Gasteiger partial charge in [0.25, 0.3) is 0 Å². The molecule has 2 rings (SSSR count). The largest absolute Gasteiger partial charge is 0.465 e. The van der Waals surface area contributed by atoms with Gasteiger partial charge in [0.1, 0.15) is 5.82 Å². The molecule has 0 atom stereocenters. The first kappa shape index (κ1) is 14.2. The van der Waals surface area contributed by atoms with Crippen molar-refractivity contribution < 1.29 is 18.3 Å². The van der Waals surface area contributed by atoms with Crippen molar-refractivity contribution in [1.82, 2.24) is 4.98 Å². The highest BCUT2D eigenvalue weighted by molar-refractivity contribution is 6.33. The van der Waals surface area contributed by atoms with Crippen molar-refractivity contribution in [1.29, 1.82) is 0 Å². The van der Waals surface area contributed by atoms with Gasteiger partial charge in [-0.15, -0.1) is 0 Å². The first-order valence-corrected chi connectivity index (χ1v) is 5.85. The van der Waals surface area contributed by atoms with Crippen LogP contribution >= 0.6 is 11.6 Å². The van der Waals surface area contributed by atoms with E-state index in [-0.39, 0.29) is 22.1 Å². The van der Waals surface area contributed by atoms with E-state index in [1.807, 2.05) is 0 Å². The number of carbonyl (C=O) groups excluding carboxylic acids is 1. The number of aromatic nitrogens is 1. The maximum atomic E-state index is 13.1. The first-order chi connectivity index (χ1) is 9.51. The Kier molecular flexibility index (Phi) is 4.14. The summed E-state index contributed by atoms with van der Waals surface area (Å²) in [7, 11) is 1.24. The monoisotopic (exact) mass is 298 g/mol. The number of esters is 1. The number of methoxy groups -OCH3 is 1. The molecule has 2 aromatic rings. The zero-order valence-corrected chi connectivity index (χ0v) is 11.0. The van der Waals surface area contributed by atoms with Gasteiger partial charge in [-0.05, 0) is 18.2 Å². The quantitative estimate of drug-likeness (QED) is 0.881. The highest BCUT2D eigenvalue weighted by Gasteiger charge is 2.11. The molecule has 0 bridgehead atoms. The topological polar surface area (TPSA) is 51.2 Å². The molecule has 0 amide bonds. The number of nitrogens with one attached hydrogen (secondary N) is 1. The van der Waals surface area contributed by atoms with Crippen LogP contribution in [0.3, 0.4) is 0 Å². The first-order valence-electron chi connectivity index (χ1n) is 5.47. The number of hydrogen-bond acceptors (Lipinski definition) is 4. The third kappa shape index (κ3) is 3.03. The molecule has 4 nitrogen and oxygen atoms in total. The van der Waals surface area contributed by atoms with Gasteiger partial charge in [0, 0.05) is 18.0 Å². The summed E-state index contributed by atoms with van der Waals surface area (Å²) in [5, 5.41) is 2.87. The molecule has 1 aromatic heterocycles. The minimum atomic E-state index is -0.989. The van der Waals surface area contributed by atoms with Crippen LogP contribution < -0.4 is 5.32 Å². The van der Waals surface area contributed by atoms with Crippen LogP contribution in [0.5, 0.6) is 0 Å². The third-order valence-corrected chi connectivity index (χ3v) is 2.73. The minimum absolute atomic E-state index is 0.151. The van der Waals surface area contributed by atoms with Crippen LogP contribution in [0.4, 0.5) is 20.3 Å². The summed E-state index contributed by atoms with van der Waals surface area (Å²) in [6.45, 7) is 0. The van der Waals surface area contributed by atoms with Crippen molar-refractivity contribution in [2.75, 3.05) is 12.4 Å². The molecule has 0 radical (unpaired) electrons. The Morgan fingerprint density at radius 2 is 2.05 bits per heavy atom. The number of nitrogens with zero attached hydrogens (tertiary/aromatic N) is 1. The van der Waals surface area contributed by atoms with E-state index in [4.69, 9.17) is 11.6 Å². The average molecular weight is 299 g/mol. The molecule has 0 saturated heterocycles. The Morgan fingerprint density at radius 1 is 1.30 bits per heavy atom. The molecule has 104 valence electrons. The summed E-state index contributed by atoms with van der Waals surface area (Å²) < 4.78 is 30.4. The molecule has 0 saturated carbocycles. The maximum absolute atomic E-state index is 13.1.